The van der Waals surface area contributed by atoms with Crippen LogP contribution in [0, 0.1) is 0 Å². The molecule has 0 bridgehead atoms. The molecule has 2 aromatic carbocycles. The second-order valence-electron chi connectivity index (χ2n) is 5.47. The number of para-hydroxylation sites is 2. The number of hydrogen-bond acceptors (Lipinski definition) is 2. The number of imidazole rings is 1. The lowest BCUT2D eigenvalue weighted by Gasteiger charge is -2.08. The van der Waals surface area contributed by atoms with Crippen LogP contribution in [0.3, 0.4) is 0 Å². The molecular formula is C18H17N3O. The Kier molecular flexibility index (Phi) is 2.73. The normalized spacial score (nSPS) is 11.5. The maximum Gasteiger partial charge on any atom is 0.157 e. The van der Waals surface area contributed by atoms with Crippen molar-refractivity contribution < 1.29 is 5.11 Å². The first-order valence-corrected chi connectivity index (χ1v) is 7.43. The van der Waals surface area contributed by atoms with Crippen LogP contribution in [0.1, 0.15) is 6.92 Å². The van der Waals surface area contributed by atoms with Gasteiger partial charge < -0.3 is 14.2 Å². The van der Waals surface area contributed by atoms with Gasteiger partial charge in [-0.2, -0.15) is 0 Å². The molecular weight excluding hydrogens is 274 g/mol. The number of aryl methyl sites for hydroxylation is 2. The minimum Gasteiger partial charge on any atom is -0.506 e. The molecule has 4 rings (SSSR count). The molecule has 0 aliphatic rings. The van der Waals surface area contributed by atoms with Gasteiger partial charge in [0.15, 0.2) is 5.82 Å². The van der Waals surface area contributed by atoms with E-state index >= 15 is 0 Å². The summed E-state index contributed by atoms with van der Waals surface area (Å²) < 4.78 is 4.22. The number of benzene rings is 2. The van der Waals surface area contributed by atoms with E-state index in [9.17, 15) is 5.11 Å². The van der Waals surface area contributed by atoms with Crippen LogP contribution in [-0.4, -0.2) is 19.2 Å². The van der Waals surface area contributed by atoms with E-state index in [1.807, 2.05) is 29.8 Å². The predicted octanol–water partition coefficient (Wildman–Crippen LogP) is 3.92. The highest BCUT2D eigenvalue weighted by Crippen LogP contribution is 2.32. The Morgan fingerprint density at radius 1 is 1.09 bits per heavy atom. The Hall–Kier alpha value is -2.75. The molecule has 4 aromatic rings. The van der Waals surface area contributed by atoms with Gasteiger partial charge in [0.25, 0.3) is 0 Å². The highest BCUT2D eigenvalue weighted by atomic mass is 16.3. The molecule has 22 heavy (non-hydrogen) atoms. The van der Waals surface area contributed by atoms with Crippen molar-refractivity contribution in [3.8, 4) is 17.3 Å². The molecule has 0 aliphatic carbocycles. The number of phenols is 1. The quantitative estimate of drug-likeness (QED) is 0.608. The van der Waals surface area contributed by atoms with Crippen molar-refractivity contribution in [3.63, 3.8) is 0 Å². The highest BCUT2D eigenvalue weighted by molar-refractivity contribution is 5.89. The van der Waals surface area contributed by atoms with E-state index in [1.54, 1.807) is 6.07 Å². The fourth-order valence-electron chi connectivity index (χ4n) is 3.21. The van der Waals surface area contributed by atoms with Crippen LogP contribution in [0.4, 0.5) is 0 Å². The first-order valence-electron chi connectivity index (χ1n) is 7.43. The van der Waals surface area contributed by atoms with Crippen molar-refractivity contribution in [2.75, 3.05) is 0 Å². The smallest absolute Gasteiger partial charge is 0.157 e. The third-order valence-corrected chi connectivity index (χ3v) is 4.23. The van der Waals surface area contributed by atoms with Gasteiger partial charge in [-0.15, -0.1) is 0 Å². The summed E-state index contributed by atoms with van der Waals surface area (Å²) in [5.41, 5.74) is 3.86. The standard InChI is InChI=1S/C18H17N3O/c1-3-21-14-9-5-4-7-12(14)11-15(21)18-19-13-8-6-10-16(22)17(13)20(18)2/h4-11,22H,3H2,1-2H3. The summed E-state index contributed by atoms with van der Waals surface area (Å²) in [6.45, 7) is 3.01. The third kappa shape index (κ3) is 1.67. The summed E-state index contributed by atoms with van der Waals surface area (Å²) in [5.74, 6) is 1.13. The summed E-state index contributed by atoms with van der Waals surface area (Å²) >= 11 is 0. The van der Waals surface area contributed by atoms with Crippen molar-refractivity contribution in [2.45, 2.75) is 13.5 Å². The van der Waals surface area contributed by atoms with E-state index < -0.39 is 0 Å². The molecule has 2 aromatic heterocycles. The summed E-state index contributed by atoms with van der Waals surface area (Å²) in [7, 11) is 1.95. The first kappa shape index (κ1) is 13.0. The molecule has 4 nitrogen and oxygen atoms in total. The lowest BCUT2D eigenvalue weighted by molar-refractivity contribution is 0.479. The molecule has 0 atom stereocenters. The number of hydrogen-bond donors (Lipinski definition) is 1. The minimum absolute atomic E-state index is 0.262. The molecule has 0 amide bonds. The molecule has 0 spiro atoms. The summed E-state index contributed by atoms with van der Waals surface area (Å²) in [6, 6.07) is 16.0. The number of phenolic OH excluding ortho intramolecular Hbond substituents is 1. The van der Waals surface area contributed by atoms with Crippen molar-refractivity contribution in [2.24, 2.45) is 7.05 Å². The monoisotopic (exact) mass is 291 g/mol. The zero-order valence-corrected chi connectivity index (χ0v) is 12.6. The molecule has 0 radical (unpaired) electrons. The molecule has 0 saturated heterocycles. The van der Waals surface area contributed by atoms with Crippen LogP contribution in [0.15, 0.2) is 48.5 Å². The lowest BCUT2D eigenvalue weighted by Crippen LogP contribution is -2.01. The maximum atomic E-state index is 10.1. The van der Waals surface area contributed by atoms with Crippen LogP contribution in [0.2, 0.25) is 0 Å². The van der Waals surface area contributed by atoms with E-state index in [1.165, 1.54) is 10.9 Å². The average molecular weight is 291 g/mol. The molecule has 0 saturated carbocycles. The Morgan fingerprint density at radius 3 is 2.68 bits per heavy atom. The van der Waals surface area contributed by atoms with Gasteiger partial charge in [-0.3, -0.25) is 0 Å². The molecule has 2 heterocycles. The first-order chi connectivity index (χ1) is 10.7. The lowest BCUT2D eigenvalue weighted by atomic mass is 10.2. The molecule has 110 valence electrons. The van der Waals surface area contributed by atoms with Gasteiger partial charge in [0.05, 0.1) is 11.2 Å². The summed E-state index contributed by atoms with van der Waals surface area (Å²) in [4.78, 5) is 4.73. The summed E-state index contributed by atoms with van der Waals surface area (Å²) in [5, 5.41) is 11.3. The summed E-state index contributed by atoms with van der Waals surface area (Å²) in [6.07, 6.45) is 0. The Bertz CT molecular complexity index is 994. The average Bonchev–Trinajstić information content (AvgIpc) is 3.05. The Labute approximate surface area is 128 Å². The van der Waals surface area contributed by atoms with Crippen LogP contribution >= 0.6 is 0 Å². The number of rotatable bonds is 2. The second kappa shape index (κ2) is 4.63. The van der Waals surface area contributed by atoms with Gasteiger partial charge in [0.2, 0.25) is 0 Å². The van der Waals surface area contributed by atoms with Gasteiger partial charge in [-0.05, 0) is 31.2 Å². The van der Waals surface area contributed by atoms with Crippen molar-refractivity contribution in [1.29, 1.82) is 0 Å². The van der Waals surface area contributed by atoms with Crippen LogP contribution in [0.5, 0.6) is 5.75 Å². The third-order valence-electron chi connectivity index (χ3n) is 4.23. The zero-order valence-electron chi connectivity index (χ0n) is 12.6. The van der Waals surface area contributed by atoms with Gasteiger partial charge in [-0.25, -0.2) is 4.98 Å². The van der Waals surface area contributed by atoms with Crippen molar-refractivity contribution >= 4 is 21.9 Å². The second-order valence-corrected chi connectivity index (χ2v) is 5.47. The molecule has 0 unspecified atom stereocenters. The van der Waals surface area contributed by atoms with Crippen molar-refractivity contribution in [1.82, 2.24) is 14.1 Å². The number of nitrogens with zero attached hydrogens (tertiary/aromatic N) is 3. The van der Waals surface area contributed by atoms with Crippen LogP contribution in [-0.2, 0) is 13.6 Å². The van der Waals surface area contributed by atoms with Gasteiger partial charge in [0, 0.05) is 24.5 Å². The largest absolute Gasteiger partial charge is 0.506 e. The van der Waals surface area contributed by atoms with Crippen LogP contribution in [0.25, 0.3) is 33.5 Å². The van der Waals surface area contributed by atoms with Gasteiger partial charge in [-0.1, -0.05) is 24.3 Å². The maximum absolute atomic E-state index is 10.1. The minimum atomic E-state index is 0.262. The Morgan fingerprint density at radius 2 is 1.91 bits per heavy atom. The Balaban J connectivity index is 2.07. The molecule has 4 heteroatoms. The molecule has 0 fully saturated rings. The van der Waals surface area contributed by atoms with E-state index in [2.05, 4.69) is 35.8 Å². The van der Waals surface area contributed by atoms with Gasteiger partial charge in [0.1, 0.15) is 11.3 Å². The SMILES string of the molecule is CCn1c(-c2nc3cccc(O)c3n2C)cc2ccccc21. The number of aromatic nitrogens is 3. The van der Waals surface area contributed by atoms with E-state index in [4.69, 9.17) is 4.98 Å². The zero-order chi connectivity index (χ0) is 15.3. The number of aromatic hydroxyl groups is 1. The predicted molar refractivity (Wildman–Crippen MR) is 89.0 cm³/mol. The highest BCUT2D eigenvalue weighted by Gasteiger charge is 2.17. The van der Waals surface area contributed by atoms with E-state index in [0.29, 0.717) is 0 Å². The van der Waals surface area contributed by atoms with E-state index in [-0.39, 0.29) is 5.75 Å². The number of fused-ring (bicyclic) bond motifs is 2. The van der Waals surface area contributed by atoms with E-state index in [0.717, 1.165) is 29.1 Å². The fourth-order valence-corrected chi connectivity index (χ4v) is 3.21. The molecule has 0 aliphatic heterocycles. The van der Waals surface area contributed by atoms with Crippen LogP contribution < -0.4 is 0 Å². The molecule has 1 N–H and O–H groups in total. The van der Waals surface area contributed by atoms with Crippen molar-refractivity contribution in [3.05, 3.63) is 48.5 Å². The van der Waals surface area contributed by atoms with Gasteiger partial charge >= 0.3 is 0 Å². The topological polar surface area (TPSA) is 43.0 Å². The fraction of sp³-hybridized carbons (Fsp3) is 0.167.